The molecule has 0 saturated carbocycles. The van der Waals surface area contributed by atoms with Gasteiger partial charge in [0.15, 0.2) is 11.5 Å². The van der Waals surface area contributed by atoms with Gasteiger partial charge in [-0.05, 0) is 37.6 Å². The molecule has 0 atom stereocenters. The Kier molecular flexibility index (Phi) is 7.64. The molecule has 0 aliphatic carbocycles. The van der Waals surface area contributed by atoms with Crippen molar-refractivity contribution in [1.82, 2.24) is 0 Å². The number of amides is 1. The summed E-state index contributed by atoms with van der Waals surface area (Å²) in [6.07, 6.45) is 0. The van der Waals surface area contributed by atoms with Crippen molar-refractivity contribution in [2.45, 2.75) is 20.5 Å². The summed E-state index contributed by atoms with van der Waals surface area (Å²) >= 11 is 0.882. The Labute approximate surface area is 197 Å². The fraction of sp³-hybridized carbons (Fsp3) is 0.227. The molecule has 3 aromatic rings. The van der Waals surface area contributed by atoms with Crippen LogP contribution in [-0.4, -0.2) is 36.5 Å². The summed E-state index contributed by atoms with van der Waals surface area (Å²) in [5, 5.41) is 13.8. The molecule has 11 nitrogen and oxygen atoms in total. The zero-order chi connectivity index (χ0) is 24.8. The molecule has 34 heavy (non-hydrogen) atoms. The second-order valence-electron chi connectivity index (χ2n) is 6.71. The van der Waals surface area contributed by atoms with Crippen LogP contribution < -0.4 is 10.1 Å². The predicted molar refractivity (Wildman–Crippen MR) is 120 cm³/mol. The van der Waals surface area contributed by atoms with Gasteiger partial charge in [0.25, 0.3) is 5.91 Å². The molecule has 0 aliphatic rings. The number of rotatable bonds is 9. The van der Waals surface area contributed by atoms with Crippen LogP contribution in [0.5, 0.6) is 5.75 Å². The molecular weight excluding hydrogens is 468 g/mol. The minimum Gasteiger partial charge on any atom is -0.479 e. The van der Waals surface area contributed by atoms with E-state index in [1.807, 2.05) is 0 Å². The third-order valence-corrected chi connectivity index (χ3v) is 5.73. The molecule has 0 saturated heterocycles. The van der Waals surface area contributed by atoms with Crippen LogP contribution in [0.4, 0.5) is 10.7 Å². The van der Waals surface area contributed by atoms with Gasteiger partial charge in [-0.25, -0.2) is 9.59 Å². The number of carbonyl (C=O) groups is 3. The van der Waals surface area contributed by atoms with Crippen molar-refractivity contribution in [1.29, 1.82) is 0 Å². The molecule has 0 spiro atoms. The van der Waals surface area contributed by atoms with E-state index in [9.17, 15) is 24.5 Å². The largest absolute Gasteiger partial charge is 0.479 e. The van der Waals surface area contributed by atoms with Crippen molar-refractivity contribution in [2.75, 3.05) is 19.0 Å². The van der Waals surface area contributed by atoms with Gasteiger partial charge in [0.05, 0.1) is 24.2 Å². The van der Waals surface area contributed by atoms with Crippen molar-refractivity contribution >= 4 is 39.9 Å². The summed E-state index contributed by atoms with van der Waals surface area (Å²) in [6.45, 7) is 3.19. The number of hydrogen-bond acceptors (Lipinski definition) is 10. The maximum atomic E-state index is 12.7. The van der Waals surface area contributed by atoms with Gasteiger partial charge < -0.3 is 23.9 Å². The first-order valence-electron chi connectivity index (χ1n) is 9.91. The van der Waals surface area contributed by atoms with Crippen molar-refractivity contribution in [2.24, 2.45) is 0 Å². The smallest absolute Gasteiger partial charge is 0.348 e. The molecule has 0 aliphatic heterocycles. The quantitative estimate of drug-likeness (QED) is 0.264. The SMILES string of the molecule is CCOC(=O)c1sc(NC(=O)c2ccc(COc3ccccc3[N+](=O)[O-])o2)c(C(=O)OC)c1C. The Morgan fingerprint density at radius 1 is 1.15 bits per heavy atom. The third kappa shape index (κ3) is 5.23. The highest BCUT2D eigenvalue weighted by Crippen LogP contribution is 2.34. The van der Waals surface area contributed by atoms with E-state index >= 15 is 0 Å². The highest BCUT2D eigenvalue weighted by Gasteiger charge is 2.28. The maximum absolute atomic E-state index is 12.7. The number of nitro benzene ring substituents is 1. The molecule has 1 aromatic carbocycles. The fourth-order valence-corrected chi connectivity index (χ4v) is 4.05. The lowest BCUT2D eigenvalue weighted by atomic mass is 10.1. The van der Waals surface area contributed by atoms with Crippen LogP contribution in [0.3, 0.4) is 0 Å². The predicted octanol–water partition coefficient (Wildman–Crippen LogP) is 4.35. The van der Waals surface area contributed by atoms with E-state index in [1.54, 1.807) is 19.9 Å². The number of ether oxygens (including phenoxy) is 3. The minimum atomic E-state index is -0.724. The highest BCUT2D eigenvalue weighted by molar-refractivity contribution is 7.18. The van der Waals surface area contributed by atoms with Crippen LogP contribution in [0.25, 0.3) is 0 Å². The number of benzene rings is 1. The van der Waals surface area contributed by atoms with E-state index in [0.717, 1.165) is 11.3 Å². The average Bonchev–Trinajstić information content (AvgIpc) is 3.42. The first-order chi connectivity index (χ1) is 16.3. The summed E-state index contributed by atoms with van der Waals surface area (Å²) in [5.74, 6) is -1.83. The number of methoxy groups -OCH3 is 1. The van der Waals surface area contributed by atoms with Crippen LogP contribution in [-0.2, 0) is 16.1 Å². The number of thiophene rings is 1. The highest BCUT2D eigenvalue weighted by atomic mass is 32.1. The first kappa shape index (κ1) is 24.5. The minimum absolute atomic E-state index is 0.0374. The van der Waals surface area contributed by atoms with Crippen LogP contribution in [0.15, 0.2) is 40.8 Å². The normalized spacial score (nSPS) is 10.4. The lowest BCUT2D eigenvalue weighted by Crippen LogP contribution is -2.13. The molecule has 1 N–H and O–H groups in total. The molecule has 3 rings (SSSR count). The number of nitrogens with one attached hydrogen (secondary N) is 1. The Balaban J connectivity index is 1.77. The maximum Gasteiger partial charge on any atom is 0.348 e. The molecule has 12 heteroatoms. The van der Waals surface area contributed by atoms with E-state index in [0.29, 0.717) is 5.56 Å². The molecule has 2 aromatic heterocycles. The van der Waals surface area contributed by atoms with Crippen LogP contribution in [0.1, 0.15) is 48.8 Å². The number of furan rings is 1. The number of nitrogens with zero attached hydrogens (tertiary/aromatic N) is 1. The van der Waals surface area contributed by atoms with Crippen LogP contribution >= 0.6 is 11.3 Å². The van der Waals surface area contributed by atoms with Crippen molar-refractivity contribution < 1.29 is 37.9 Å². The lowest BCUT2D eigenvalue weighted by Gasteiger charge is -2.05. The van der Waals surface area contributed by atoms with Crippen molar-refractivity contribution in [3.05, 3.63) is 74.0 Å². The first-order valence-corrected chi connectivity index (χ1v) is 10.7. The second-order valence-corrected chi connectivity index (χ2v) is 7.73. The third-order valence-electron chi connectivity index (χ3n) is 4.54. The summed E-state index contributed by atoms with van der Waals surface area (Å²) in [7, 11) is 1.19. The zero-order valence-electron chi connectivity index (χ0n) is 18.4. The Hall–Kier alpha value is -4.19. The Bertz CT molecular complexity index is 1240. The monoisotopic (exact) mass is 488 g/mol. The van der Waals surface area contributed by atoms with Crippen molar-refractivity contribution in [3.63, 3.8) is 0 Å². The molecule has 0 bridgehead atoms. The molecule has 1 amide bonds. The standard InChI is InChI=1S/C22H20N2O9S/c1-4-31-22(27)18-12(2)17(21(26)30-3)20(34-18)23-19(25)16-10-9-13(33-16)11-32-15-8-6-5-7-14(15)24(28)29/h5-10H,4,11H2,1-3H3,(H,23,25). The van der Waals surface area contributed by atoms with Gasteiger partial charge in [0, 0.05) is 6.07 Å². The van der Waals surface area contributed by atoms with Gasteiger partial charge in [-0.1, -0.05) is 12.1 Å². The summed E-state index contributed by atoms with van der Waals surface area (Å²) < 4.78 is 20.7. The fourth-order valence-electron chi connectivity index (χ4n) is 2.96. The van der Waals surface area contributed by atoms with E-state index in [1.165, 1.54) is 37.4 Å². The van der Waals surface area contributed by atoms with E-state index in [-0.39, 0.29) is 51.6 Å². The van der Waals surface area contributed by atoms with Crippen molar-refractivity contribution in [3.8, 4) is 5.75 Å². The number of carbonyl (C=O) groups excluding carboxylic acids is 3. The molecule has 0 unspecified atom stereocenters. The number of esters is 2. The average molecular weight is 488 g/mol. The van der Waals surface area contributed by atoms with E-state index < -0.39 is 22.8 Å². The summed E-state index contributed by atoms with van der Waals surface area (Å²) in [5.41, 5.74) is 0.159. The van der Waals surface area contributed by atoms with Gasteiger partial charge in [-0.15, -0.1) is 11.3 Å². The van der Waals surface area contributed by atoms with Gasteiger partial charge in [-0.2, -0.15) is 0 Å². The molecule has 178 valence electrons. The van der Waals surface area contributed by atoms with Gasteiger partial charge in [0.2, 0.25) is 0 Å². The van der Waals surface area contributed by atoms with Crippen LogP contribution in [0, 0.1) is 17.0 Å². The topological polar surface area (TPSA) is 147 Å². The summed E-state index contributed by atoms with van der Waals surface area (Å²) in [4.78, 5) is 47.9. The van der Waals surface area contributed by atoms with Gasteiger partial charge in [-0.3, -0.25) is 14.9 Å². The number of anilines is 1. The second kappa shape index (κ2) is 10.6. The van der Waals surface area contributed by atoms with E-state index in [2.05, 4.69) is 5.32 Å². The zero-order valence-corrected chi connectivity index (χ0v) is 19.2. The van der Waals surface area contributed by atoms with E-state index in [4.69, 9.17) is 18.6 Å². The number of nitro groups is 1. The Morgan fingerprint density at radius 2 is 1.88 bits per heavy atom. The molecule has 2 heterocycles. The lowest BCUT2D eigenvalue weighted by molar-refractivity contribution is -0.386. The van der Waals surface area contributed by atoms with Gasteiger partial charge in [0.1, 0.15) is 22.2 Å². The number of hydrogen-bond donors (Lipinski definition) is 1. The Morgan fingerprint density at radius 3 is 2.56 bits per heavy atom. The number of para-hydroxylation sites is 2. The van der Waals surface area contributed by atoms with Crippen LogP contribution in [0.2, 0.25) is 0 Å². The summed E-state index contributed by atoms with van der Waals surface area (Å²) in [6, 6.07) is 8.73. The molecule has 0 radical (unpaired) electrons. The molecular formula is C22H20N2O9S. The van der Waals surface area contributed by atoms with Gasteiger partial charge >= 0.3 is 17.6 Å². The molecule has 0 fully saturated rings.